The van der Waals surface area contributed by atoms with Gasteiger partial charge in [0.1, 0.15) is 0 Å². The Kier molecular flexibility index (Phi) is 6.29. The van der Waals surface area contributed by atoms with E-state index in [1.54, 1.807) is 0 Å². The monoisotopic (exact) mass is 254 g/mol. The Bertz CT molecular complexity index is 311. The third kappa shape index (κ3) is 4.07. The van der Waals surface area contributed by atoms with Crippen molar-refractivity contribution in [1.82, 2.24) is 0 Å². The highest BCUT2D eigenvalue weighted by Crippen LogP contribution is 2.18. The first-order valence-corrected chi connectivity index (χ1v) is 6.18. The van der Waals surface area contributed by atoms with Crippen molar-refractivity contribution in [1.29, 1.82) is 0 Å². The summed E-state index contributed by atoms with van der Waals surface area (Å²) in [5, 5.41) is 26.0. The minimum Gasteiger partial charge on any atom is -0.396 e. The molecule has 18 heavy (non-hydrogen) atoms. The van der Waals surface area contributed by atoms with Crippen LogP contribution in [0.15, 0.2) is 24.3 Å². The Balaban J connectivity index is 0.000000180. The van der Waals surface area contributed by atoms with Crippen LogP contribution in [-0.2, 0) is 18.0 Å². The zero-order chi connectivity index (χ0) is 13.4. The van der Waals surface area contributed by atoms with E-state index in [4.69, 9.17) is 20.1 Å². The maximum Gasteiger partial charge on any atom is 0.0721 e. The van der Waals surface area contributed by atoms with Gasteiger partial charge < -0.3 is 20.1 Å². The number of hydrogen-bond acceptors (Lipinski definition) is 4. The van der Waals surface area contributed by atoms with Crippen molar-refractivity contribution in [2.75, 3.05) is 19.8 Å². The van der Waals surface area contributed by atoms with Crippen LogP contribution in [0, 0.1) is 5.41 Å². The van der Waals surface area contributed by atoms with Crippen molar-refractivity contribution in [3.05, 3.63) is 35.4 Å². The molecule has 102 valence electrons. The van der Waals surface area contributed by atoms with E-state index in [9.17, 15) is 0 Å². The van der Waals surface area contributed by atoms with E-state index in [0.29, 0.717) is 6.42 Å². The summed E-state index contributed by atoms with van der Waals surface area (Å²) < 4.78 is 5.25. The summed E-state index contributed by atoms with van der Waals surface area (Å²) in [6.45, 7) is 2.92. The summed E-state index contributed by atoms with van der Waals surface area (Å²) >= 11 is 0. The Morgan fingerprint density at radius 2 is 1.56 bits per heavy atom. The molecule has 0 amide bonds. The number of aliphatic hydroxyl groups excluding tert-OH is 3. The summed E-state index contributed by atoms with van der Waals surface area (Å²) in [6, 6.07) is 8.43. The Morgan fingerprint density at radius 1 is 1.06 bits per heavy atom. The molecular formula is C14H22O4. The van der Waals surface area contributed by atoms with Gasteiger partial charge in [-0.1, -0.05) is 31.2 Å². The lowest BCUT2D eigenvalue weighted by Gasteiger charge is -2.24. The zero-order valence-corrected chi connectivity index (χ0v) is 10.8. The van der Waals surface area contributed by atoms with E-state index in [-0.39, 0.29) is 19.8 Å². The predicted octanol–water partition coefficient (Wildman–Crippen LogP) is 1.08. The maximum atomic E-state index is 8.66. The molecule has 2 rings (SSSR count). The molecule has 1 aromatic carbocycles. The van der Waals surface area contributed by atoms with Gasteiger partial charge in [0.25, 0.3) is 0 Å². The second-order valence-electron chi connectivity index (χ2n) is 4.64. The van der Waals surface area contributed by atoms with Crippen molar-refractivity contribution in [2.24, 2.45) is 5.41 Å². The number of hydrogen-bond donors (Lipinski definition) is 3. The molecule has 2 bridgehead atoms. The lowest BCUT2D eigenvalue weighted by Crippen LogP contribution is -2.32. The van der Waals surface area contributed by atoms with Gasteiger partial charge in [0.15, 0.2) is 0 Å². The number of benzene rings is 1. The lowest BCUT2D eigenvalue weighted by molar-refractivity contribution is 0.00304. The smallest absolute Gasteiger partial charge is 0.0721 e. The highest BCUT2D eigenvalue weighted by molar-refractivity contribution is 5.23. The van der Waals surface area contributed by atoms with Crippen LogP contribution in [0.25, 0.3) is 0 Å². The lowest BCUT2D eigenvalue weighted by atomic mass is 9.88. The molecule has 0 aromatic heterocycles. The largest absolute Gasteiger partial charge is 0.396 e. The highest BCUT2D eigenvalue weighted by atomic mass is 16.5. The second-order valence-corrected chi connectivity index (χ2v) is 4.64. The number of rotatable bonds is 4. The molecule has 0 saturated carbocycles. The van der Waals surface area contributed by atoms with E-state index >= 15 is 0 Å². The highest BCUT2D eigenvalue weighted by Gasteiger charge is 2.24. The molecule has 1 aliphatic rings. The molecule has 0 atom stereocenters. The average Bonchev–Trinajstić information content (AvgIpc) is 2.43. The predicted molar refractivity (Wildman–Crippen MR) is 68.9 cm³/mol. The van der Waals surface area contributed by atoms with Crippen LogP contribution < -0.4 is 0 Å². The molecule has 3 N–H and O–H groups in total. The van der Waals surface area contributed by atoms with E-state index < -0.39 is 5.41 Å². The van der Waals surface area contributed by atoms with Crippen molar-refractivity contribution in [3.8, 4) is 0 Å². The summed E-state index contributed by atoms with van der Waals surface area (Å²) in [4.78, 5) is 0. The first-order chi connectivity index (χ1) is 8.69. The topological polar surface area (TPSA) is 69.9 Å². The van der Waals surface area contributed by atoms with Crippen LogP contribution in [0.2, 0.25) is 0 Å². The number of aliphatic hydroxyl groups is 3. The van der Waals surface area contributed by atoms with Gasteiger partial charge >= 0.3 is 0 Å². The Morgan fingerprint density at radius 3 is 1.83 bits per heavy atom. The number of ether oxygens (including phenoxy) is 1. The van der Waals surface area contributed by atoms with E-state index in [1.165, 1.54) is 11.1 Å². The normalized spacial score (nSPS) is 13.8. The summed E-state index contributed by atoms with van der Waals surface area (Å²) in [5.41, 5.74) is 1.91. The van der Waals surface area contributed by atoms with Crippen LogP contribution in [-0.4, -0.2) is 35.1 Å². The minimum atomic E-state index is -0.667. The first-order valence-electron chi connectivity index (χ1n) is 6.18. The molecule has 0 fully saturated rings. The van der Waals surface area contributed by atoms with Crippen molar-refractivity contribution in [2.45, 2.75) is 26.6 Å². The van der Waals surface area contributed by atoms with Crippen LogP contribution in [0.3, 0.4) is 0 Å². The Hall–Kier alpha value is -0.940. The summed E-state index contributed by atoms with van der Waals surface area (Å²) in [5.74, 6) is 0. The maximum absolute atomic E-state index is 8.66. The fourth-order valence-corrected chi connectivity index (χ4v) is 1.58. The average molecular weight is 254 g/mol. The zero-order valence-electron chi connectivity index (χ0n) is 10.8. The second kappa shape index (κ2) is 7.48. The van der Waals surface area contributed by atoms with Gasteiger partial charge in [-0.15, -0.1) is 0 Å². The van der Waals surface area contributed by atoms with Crippen molar-refractivity contribution < 1.29 is 20.1 Å². The Labute approximate surface area is 108 Å². The van der Waals surface area contributed by atoms with Gasteiger partial charge in [0, 0.05) is 5.41 Å². The molecule has 0 aliphatic carbocycles. The quantitative estimate of drug-likeness (QED) is 0.752. The minimum absolute atomic E-state index is 0.156. The van der Waals surface area contributed by atoms with E-state index in [2.05, 4.69) is 24.3 Å². The van der Waals surface area contributed by atoms with Crippen LogP contribution >= 0.6 is 0 Å². The molecule has 0 unspecified atom stereocenters. The van der Waals surface area contributed by atoms with Gasteiger partial charge in [-0.25, -0.2) is 0 Å². The van der Waals surface area contributed by atoms with Crippen LogP contribution in [0.5, 0.6) is 0 Å². The molecule has 1 aromatic rings. The van der Waals surface area contributed by atoms with Crippen molar-refractivity contribution >= 4 is 0 Å². The molecule has 1 heterocycles. The SMILES string of the molecule is CCC(CO)(CO)CO.c1cc2cc(c1)COC2. The molecule has 0 saturated heterocycles. The molecule has 4 heteroatoms. The third-order valence-corrected chi connectivity index (χ3v) is 3.29. The van der Waals surface area contributed by atoms with Crippen LogP contribution in [0.1, 0.15) is 24.5 Å². The summed E-state index contributed by atoms with van der Waals surface area (Å²) in [7, 11) is 0. The number of fused-ring (bicyclic) bond motifs is 2. The van der Waals surface area contributed by atoms with Gasteiger partial charge in [-0.2, -0.15) is 0 Å². The third-order valence-electron chi connectivity index (χ3n) is 3.29. The van der Waals surface area contributed by atoms with Gasteiger partial charge in [-0.05, 0) is 17.5 Å². The molecule has 0 spiro atoms. The van der Waals surface area contributed by atoms with Crippen molar-refractivity contribution in [3.63, 3.8) is 0 Å². The van der Waals surface area contributed by atoms with E-state index in [1.807, 2.05) is 6.92 Å². The molecular weight excluding hydrogens is 232 g/mol. The fourth-order valence-electron chi connectivity index (χ4n) is 1.58. The standard InChI is InChI=1S/C8H8O.C6H14O3/c1-2-7-4-8(3-1)6-9-5-7;1-2-6(3-7,4-8)5-9/h1-4H,5-6H2;7-9H,2-5H2,1H3. The van der Waals surface area contributed by atoms with Gasteiger partial charge in [0.2, 0.25) is 0 Å². The molecule has 4 nitrogen and oxygen atoms in total. The fraction of sp³-hybridized carbons (Fsp3) is 0.571. The van der Waals surface area contributed by atoms with Crippen LogP contribution in [0.4, 0.5) is 0 Å². The van der Waals surface area contributed by atoms with Gasteiger partial charge in [0.05, 0.1) is 33.0 Å². The summed E-state index contributed by atoms with van der Waals surface area (Å²) in [6.07, 6.45) is 0.594. The molecule has 0 radical (unpaired) electrons. The van der Waals surface area contributed by atoms with E-state index in [0.717, 1.165) is 13.2 Å². The first kappa shape index (κ1) is 15.1. The molecule has 1 aliphatic heterocycles. The van der Waals surface area contributed by atoms with Gasteiger partial charge in [-0.3, -0.25) is 0 Å².